The van der Waals surface area contributed by atoms with Gasteiger partial charge in [0.05, 0.1) is 0 Å². The van der Waals surface area contributed by atoms with E-state index in [2.05, 4.69) is 4.99 Å². The van der Waals surface area contributed by atoms with Gasteiger partial charge in [-0.3, -0.25) is 0 Å². The minimum atomic E-state index is -0.991. The van der Waals surface area contributed by atoms with Crippen LogP contribution in [0.1, 0.15) is 12.8 Å². The van der Waals surface area contributed by atoms with E-state index in [-0.39, 0.29) is 6.61 Å². The van der Waals surface area contributed by atoms with Crippen LogP contribution in [0.5, 0.6) is 0 Å². The average molecular weight is 131 g/mol. The van der Waals surface area contributed by atoms with Gasteiger partial charge in [0.15, 0.2) is 6.23 Å². The molecular formula is C5H9NO3. The van der Waals surface area contributed by atoms with E-state index in [9.17, 15) is 4.79 Å². The number of aliphatic imine (C=N–C) groups is 1. The number of rotatable bonds is 4. The minimum Gasteiger partial charge on any atom is -0.396 e. The summed E-state index contributed by atoms with van der Waals surface area (Å²) >= 11 is 0. The zero-order valence-electron chi connectivity index (χ0n) is 4.95. The lowest BCUT2D eigenvalue weighted by molar-refractivity contribution is 0.158. The molecule has 4 heteroatoms. The molecule has 0 aliphatic rings. The highest BCUT2D eigenvalue weighted by atomic mass is 16.3. The summed E-state index contributed by atoms with van der Waals surface area (Å²) < 4.78 is 0. The molecule has 0 heterocycles. The van der Waals surface area contributed by atoms with E-state index >= 15 is 0 Å². The first-order valence-electron chi connectivity index (χ1n) is 2.67. The molecule has 0 bridgehead atoms. The number of hydrogen-bond acceptors (Lipinski definition) is 4. The van der Waals surface area contributed by atoms with Gasteiger partial charge in [0.25, 0.3) is 0 Å². The van der Waals surface area contributed by atoms with Gasteiger partial charge in [-0.05, 0) is 12.8 Å². The van der Waals surface area contributed by atoms with E-state index in [1.54, 1.807) is 0 Å². The highest BCUT2D eigenvalue weighted by Gasteiger charge is 1.97. The molecule has 0 aromatic heterocycles. The van der Waals surface area contributed by atoms with E-state index in [4.69, 9.17) is 10.2 Å². The zero-order valence-corrected chi connectivity index (χ0v) is 4.95. The highest BCUT2D eigenvalue weighted by Crippen LogP contribution is 1.94. The van der Waals surface area contributed by atoms with Gasteiger partial charge in [0.2, 0.25) is 6.08 Å². The smallest absolute Gasteiger partial charge is 0.237 e. The second kappa shape index (κ2) is 5.44. The zero-order chi connectivity index (χ0) is 7.11. The molecule has 2 N–H and O–H groups in total. The molecule has 1 unspecified atom stereocenters. The summed E-state index contributed by atoms with van der Waals surface area (Å²) in [4.78, 5) is 12.5. The quantitative estimate of drug-likeness (QED) is 0.396. The number of aliphatic hydroxyl groups excluding tert-OH is 2. The first kappa shape index (κ1) is 8.30. The van der Waals surface area contributed by atoms with Crippen molar-refractivity contribution in [2.24, 2.45) is 4.99 Å². The van der Waals surface area contributed by atoms with Crippen molar-refractivity contribution in [3.05, 3.63) is 0 Å². The van der Waals surface area contributed by atoms with Gasteiger partial charge in [0, 0.05) is 6.61 Å². The Hall–Kier alpha value is -0.700. The molecule has 0 aliphatic carbocycles. The fraction of sp³-hybridized carbons (Fsp3) is 0.800. The monoisotopic (exact) mass is 131 g/mol. The van der Waals surface area contributed by atoms with Crippen LogP contribution in [-0.2, 0) is 4.79 Å². The Morgan fingerprint density at radius 3 is 2.78 bits per heavy atom. The van der Waals surface area contributed by atoms with Crippen molar-refractivity contribution in [3.63, 3.8) is 0 Å². The standard InChI is InChI=1S/C5H9NO3/c7-3-1-2-5(9)6-4-8/h5,7,9H,1-3H2. The van der Waals surface area contributed by atoms with Crippen LogP contribution in [0, 0.1) is 0 Å². The molecule has 0 rings (SSSR count). The largest absolute Gasteiger partial charge is 0.396 e. The molecule has 0 spiro atoms. The molecule has 0 saturated carbocycles. The maximum absolute atomic E-state index is 9.46. The van der Waals surface area contributed by atoms with Crippen molar-refractivity contribution in [2.45, 2.75) is 19.1 Å². The SMILES string of the molecule is O=C=NC(O)CCCO. The first-order valence-corrected chi connectivity index (χ1v) is 2.67. The van der Waals surface area contributed by atoms with Gasteiger partial charge < -0.3 is 10.2 Å². The summed E-state index contributed by atoms with van der Waals surface area (Å²) in [6, 6.07) is 0. The molecule has 4 nitrogen and oxygen atoms in total. The summed E-state index contributed by atoms with van der Waals surface area (Å²) in [6.45, 7) is 0.00539. The van der Waals surface area contributed by atoms with E-state index in [0.29, 0.717) is 12.8 Å². The molecule has 0 amide bonds. The molecule has 0 aromatic rings. The highest BCUT2D eigenvalue weighted by molar-refractivity contribution is 5.33. The third-order valence-corrected chi connectivity index (χ3v) is 0.822. The van der Waals surface area contributed by atoms with Crippen LogP contribution < -0.4 is 0 Å². The Morgan fingerprint density at radius 1 is 1.67 bits per heavy atom. The number of aliphatic hydroxyl groups is 2. The van der Waals surface area contributed by atoms with Crippen molar-refractivity contribution in [1.82, 2.24) is 0 Å². The average Bonchev–Trinajstić information content (AvgIpc) is 1.85. The van der Waals surface area contributed by atoms with Crippen LogP contribution in [0.25, 0.3) is 0 Å². The minimum absolute atomic E-state index is 0.00539. The second-order valence-electron chi connectivity index (χ2n) is 1.57. The summed E-state index contributed by atoms with van der Waals surface area (Å²) in [6.07, 6.45) is 0.991. The Balaban J connectivity index is 3.26. The lowest BCUT2D eigenvalue weighted by atomic mass is 10.3. The van der Waals surface area contributed by atoms with E-state index in [1.807, 2.05) is 0 Å². The predicted molar refractivity (Wildman–Crippen MR) is 30.4 cm³/mol. The number of nitrogens with zero attached hydrogens (tertiary/aromatic N) is 1. The molecule has 0 aromatic carbocycles. The first-order chi connectivity index (χ1) is 4.31. The molecule has 1 atom stereocenters. The van der Waals surface area contributed by atoms with Crippen molar-refractivity contribution >= 4 is 6.08 Å². The van der Waals surface area contributed by atoms with E-state index < -0.39 is 6.23 Å². The molecular weight excluding hydrogens is 122 g/mol. The maximum atomic E-state index is 9.46. The van der Waals surface area contributed by atoms with E-state index in [1.165, 1.54) is 6.08 Å². The number of hydrogen-bond donors (Lipinski definition) is 2. The Morgan fingerprint density at radius 2 is 2.33 bits per heavy atom. The third-order valence-electron chi connectivity index (χ3n) is 0.822. The van der Waals surface area contributed by atoms with Gasteiger partial charge >= 0.3 is 0 Å². The molecule has 0 radical (unpaired) electrons. The Labute approximate surface area is 52.8 Å². The maximum Gasteiger partial charge on any atom is 0.237 e. The summed E-state index contributed by atoms with van der Waals surface area (Å²) in [7, 11) is 0. The van der Waals surface area contributed by atoms with Crippen LogP contribution in [-0.4, -0.2) is 29.1 Å². The number of isocyanates is 1. The van der Waals surface area contributed by atoms with Crippen LogP contribution >= 0.6 is 0 Å². The van der Waals surface area contributed by atoms with Gasteiger partial charge in [-0.2, -0.15) is 4.99 Å². The van der Waals surface area contributed by atoms with Gasteiger partial charge in [-0.1, -0.05) is 0 Å². The van der Waals surface area contributed by atoms with Crippen molar-refractivity contribution in [3.8, 4) is 0 Å². The Bertz CT molecular complexity index is 109. The van der Waals surface area contributed by atoms with Crippen LogP contribution in [0.4, 0.5) is 0 Å². The van der Waals surface area contributed by atoms with Crippen LogP contribution in [0.3, 0.4) is 0 Å². The molecule has 0 fully saturated rings. The van der Waals surface area contributed by atoms with Gasteiger partial charge in [0.1, 0.15) is 0 Å². The van der Waals surface area contributed by atoms with Gasteiger partial charge in [-0.25, -0.2) is 4.79 Å². The van der Waals surface area contributed by atoms with Crippen molar-refractivity contribution in [2.75, 3.05) is 6.61 Å². The lowest BCUT2D eigenvalue weighted by Crippen LogP contribution is -2.02. The molecule has 0 saturated heterocycles. The topological polar surface area (TPSA) is 69.9 Å². The van der Waals surface area contributed by atoms with Crippen molar-refractivity contribution in [1.29, 1.82) is 0 Å². The normalized spacial score (nSPS) is 12.2. The van der Waals surface area contributed by atoms with Crippen molar-refractivity contribution < 1.29 is 15.0 Å². The Kier molecular flexibility index (Phi) is 5.01. The molecule has 9 heavy (non-hydrogen) atoms. The van der Waals surface area contributed by atoms with Gasteiger partial charge in [-0.15, -0.1) is 0 Å². The van der Waals surface area contributed by atoms with E-state index in [0.717, 1.165) is 0 Å². The summed E-state index contributed by atoms with van der Waals surface area (Å²) in [5, 5.41) is 16.9. The summed E-state index contributed by atoms with van der Waals surface area (Å²) in [5.74, 6) is 0. The third kappa shape index (κ3) is 5.17. The molecule has 0 aliphatic heterocycles. The second-order valence-corrected chi connectivity index (χ2v) is 1.57. The summed E-state index contributed by atoms with van der Waals surface area (Å²) in [5.41, 5.74) is 0. The predicted octanol–water partition coefficient (Wildman–Crippen LogP) is -0.587. The van der Waals surface area contributed by atoms with Crippen LogP contribution in [0.15, 0.2) is 4.99 Å². The number of carbonyl (C=O) groups excluding carboxylic acids is 1. The fourth-order valence-electron chi connectivity index (χ4n) is 0.399. The lowest BCUT2D eigenvalue weighted by Gasteiger charge is -1.98. The van der Waals surface area contributed by atoms with Crippen LogP contribution in [0.2, 0.25) is 0 Å². The fourth-order valence-corrected chi connectivity index (χ4v) is 0.399. The molecule has 52 valence electrons.